The van der Waals surface area contributed by atoms with Gasteiger partial charge in [0.15, 0.2) is 0 Å². The first-order valence-corrected chi connectivity index (χ1v) is 7.62. The van der Waals surface area contributed by atoms with Gasteiger partial charge in [0.2, 0.25) is 0 Å². The fraction of sp³-hybridized carbons (Fsp3) is 0.0667. The van der Waals surface area contributed by atoms with E-state index in [2.05, 4.69) is 5.16 Å². The Morgan fingerprint density at radius 1 is 1.29 bits per heavy atom. The zero-order chi connectivity index (χ0) is 15.2. The SMILES string of the molecule is Cc1ccsc1/C=C/C(=O)O/N=C\c1c(Cl)cccc1Cl. The third-order valence-electron chi connectivity index (χ3n) is 2.60. The van der Waals surface area contributed by atoms with E-state index in [1.54, 1.807) is 35.6 Å². The molecule has 1 heterocycles. The molecule has 0 unspecified atom stereocenters. The van der Waals surface area contributed by atoms with E-state index in [0.29, 0.717) is 15.6 Å². The Labute approximate surface area is 136 Å². The van der Waals surface area contributed by atoms with Gasteiger partial charge in [0.05, 0.1) is 16.3 Å². The Morgan fingerprint density at radius 3 is 2.62 bits per heavy atom. The minimum absolute atomic E-state index is 0.437. The molecule has 2 aromatic rings. The van der Waals surface area contributed by atoms with Gasteiger partial charge in [0.25, 0.3) is 0 Å². The van der Waals surface area contributed by atoms with Crippen LogP contribution in [0.15, 0.2) is 40.9 Å². The van der Waals surface area contributed by atoms with Gasteiger partial charge in [-0.1, -0.05) is 34.4 Å². The maximum absolute atomic E-state index is 11.5. The first-order valence-electron chi connectivity index (χ1n) is 5.98. The van der Waals surface area contributed by atoms with Crippen LogP contribution >= 0.6 is 34.5 Å². The van der Waals surface area contributed by atoms with Crippen LogP contribution in [0.1, 0.15) is 16.0 Å². The van der Waals surface area contributed by atoms with Gasteiger partial charge in [-0.25, -0.2) is 4.79 Å². The van der Waals surface area contributed by atoms with E-state index in [-0.39, 0.29) is 0 Å². The summed E-state index contributed by atoms with van der Waals surface area (Å²) in [6, 6.07) is 7.06. The van der Waals surface area contributed by atoms with Crippen LogP contribution in [0.2, 0.25) is 10.0 Å². The van der Waals surface area contributed by atoms with Crippen molar-refractivity contribution in [2.45, 2.75) is 6.92 Å². The lowest BCUT2D eigenvalue weighted by atomic mass is 10.2. The maximum Gasteiger partial charge on any atom is 0.358 e. The lowest BCUT2D eigenvalue weighted by Gasteiger charge is -1.99. The van der Waals surface area contributed by atoms with Crippen molar-refractivity contribution >= 4 is 52.8 Å². The molecule has 0 aliphatic heterocycles. The van der Waals surface area contributed by atoms with Gasteiger partial charge in [-0.3, -0.25) is 0 Å². The summed E-state index contributed by atoms with van der Waals surface area (Å²) >= 11 is 13.5. The number of carbonyl (C=O) groups excluding carboxylic acids is 1. The van der Waals surface area contributed by atoms with Crippen molar-refractivity contribution in [2.75, 3.05) is 0 Å². The Hall–Kier alpha value is -1.62. The molecule has 6 heteroatoms. The molecule has 0 radical (unpaired) electrons. The Morgan fingerprint density at radius 2 is 2.00 bits per heavy atom. The third-order valence-corrected chi connectivity index (χ3v) is 4.24. The third kappa shape index (κ3) is 4.43. The predicted octanol–water partition coefficient (Wildman–Crippen LogP) is 4.95. The monoisotopic (exact) mass is 339 g/mol. The average Bonchev–Trinajstić information content (AvgIpc) is 2.85. The number of carbonyl (C=O) groups is 1. The summed E-state index contributed by atoms with van der Waals surface area (Å²) in [6.45, 7) is 1.97. The molecule has 0 saturated heterocycles. The van der Waals surface area contributed by atoms with E-state index in [0.717, 1.165) is 10.4 Å². The predicted molar refractivity (Wildman–Crippen MR) is 88.2 cm³/mol. The molecule has 1 aromatic heterocycles. The summed E-state index contributed by atoms with van der Waals surface area (Å²) in [5.41, 5.74) is 1.61. The number of thiophene rings is 1. The van der Waals surface area contributed by atoms with E-state index < -0.39 is 5.97 Å². The average molecular weight is 340 g/mol. The summed E-state index contributed by atoms with van der Waals surface area (Å²) in [4.78, 5) is 17.3. The summed E-state index contributed by atoms with van der Waals surface area (Å²) in [5, 5.41) is 6.42. The molecule has 0 spiro atoms. The van der Waals surface area contributed by atoms with Crippen LogP contribution in [0.4, 0.5) is 0 Å². The molecule has 3 nitrogen and oxygen atoms in total. The van der Waals surface area contributed by atoms with Crippen molar-refractivity contribution in [1.82, 2.24) is 0 Å². The highest BCUT2D eigenvalue weighted by atomic mass is 35.5. The van der Waals surface area contributed by atoms with E-state index in [9.17, 15) is 4.79 Å². The number of aryl methyl sites for hydroxylation is 1. The molecule has 0 saturated carbocycles. The standard InChI is InChI=1S/C15H11Cl2NO2S/c1-10-7-8-21-14(10)5-6-15(19)20-18-9-11-12(16)3-2-4-13(11)17/h2-9H,1H3/b6-5+,18-9-. The Kier molecular flexibility index (Phi) is 5.56. The van der Waals surface area contributed by atoms with Gasteiger partial charge >= 0.3 is 5.97 Å². The first-order chi connectivity index (χ1) is 10.1. The maximum atomic E-state index is 11.5. The highest BCUT2D eigenvalue weighted by molar-refractivity contribution is 7.11. The minimum atomic E-state index is -0.567. The number of hydrogen-bond donors (Lipinski definition) is 0. The van der Waals surface area contributed by atoms with Gasteiger partial charge in [0, 0.05) is 16.5 Å². The second-order valence-electron chi connectivity index (χ2n) is 4.08. The van der Waals surface area contributed by atoms with Crippen LogP contribution in [0.3, 0.4) is 0 Å². The topological polar surface area (TPSA) is 38.7 Å². The van der Waals surface area contributed by atoms with Crippen molar-refractivity contribution in [3.63, 3.8) is 0 Å². The van der Waals surface area contributed by atoms with Crippen LogP contribution in [0.25, 0.3) is 6.08 Å². The van der Waals surface area contributed by atoms with Crippen molar-refractivity contribution in [2.24, 2.45) is 5.16 Å². The van der Waals surface area contributed by atoms with Crippen LogP contribution < -0.4 is 0 Å². The number of nitrogens with zero attached hydrogens (tertiary/aromatic N) is 1. The lowest BCUT2D eigenvalue weighted by Crippen LogP contribution is -1.95. The van der Waals surface area contributed by atoms with Crippen LogP contribution in [-0.2, 0) is 9.63 Å². The number of hydrogen-bond acceptors (Lipinski definition) is 4. The minimum Gasteiger partial charge on any atom is -0.313 e. The molecule has 2 rings (SSSR count). The normalized spacial score (nSPS) is 11.4. The van der Waals surface area contributed by atoms with E-state index in [1.807, 2.05) is 18.4 Å². The zero-order valence-corrected chi connectivity index (χ0v) is 13.4. The number of oxime groups is 1. The molecule has 21 heavy (non-hydrogen) atoms. The van der Waals surface area contributed by atoms with Gasteiger partial charge in [-0.15, -0.1) is 11.3 Å². The molecule has 0 aliphatic rings. The molecule has 108 valence electrons. The second kappa shape index (κ2) is 7.41. The first kappa shape index (κ1) is 15.8. The molecule has 0 bridgehead atoms. The van der Waals surface area contributed by atoms with Crippen LogP contribution in [-0.4, -0.2) is 12.2 Å². The van der Waals surface area contributed by atoms with Crippen molar-refractivity contribution in [1.29, 1.82) is 0 Å². The van der Waals surface area contributed by atoms with Crippen LogP contribution in [0, 0.1) is 6.92 Å². The van der Waals surface area contributed by atoms with E-state index in [4.69, 9.17) is 28.0 Å². The molecule has 0 atom stereocenters. The van der Waals surface area contributed by atoms with Crippen molar-refractivity contribution in [3.05, 3.63) is 61.8 Å². The Bertz CT molecular complexity index is 687. The molecule has 0 aliphatic carbocycles. The largest absolute Gasteiger partial charge is 0.358 e. The lowest BCUT2D eigenvalue weighted by molar-refractivity contribution is -0.137. The van der Waals surface area contributed by atoms with E-state index >= 15 is 0 Å². The number of benzene rings is 1. The highest BCUT2D eigenvalue weighted by Crippen LogP contribution is 2.22. The highest BCUT2D eigenvalue weighted by Gasteiger charge is 2.03. The zero-order valence-electron chi connectivity index (χ0n) is 11.0. The van der Waals surface area contributed by atoms with Gasteiger partial charge in [-0.05, 0) is 42.1 Å². The fourth-order valence-electron chi connectivity index (χ4n) is 1.49. The molecule has 1 aromatic carbocycles. The number of rotatable bonds is 4. The number of halogens is 2. The summed E-state index contributed by atoms with van der Waals surface area (Å²) < 4.78 is 0. The summed E-state index contributed by atoms with van der Waals surface area (Å²) in [7, 11) is 0. The van der Waals surface area contributed by atoms with E-state index in [1.165, 1.54) is 12.3 Å². The smallest absolute Gasteiger partial charge is 0.313 e. The summed E-state index contributed by atoms with van der Waals surface area (Å²) in [5.74, 6) is -0.567. The summed E-state index contributed by atoms with van der Waals surface area (Å²) in [6.07, 6.45) is 4.33. The van der Waals surface area contributed by atoms with Crippen molar-refractivity contribution < 1.29 is 9.63 Å². The molecular weight excluding hydrogens is 329 g/mol. The fourth-order valence-corrected chi connectivity index (χ4v) is 2.81. The quantitative estimate of drug-likeness (QED) is 0.342. The molecule has 0 amide bonds. The Balaban J connectivity index is 1.97. The van der Waals surface area contributed by atoms with Crippen molar-refractivity contribution in [3.8, 4) is 0 Å². The molecule has 0 N–H and O–H groups in total. The van der Waals surface area contributed by atoms with Gasteiger partial charge in [0.1, 0.15) is 0 Å². The van der Waals surface area contributed by atoms with Gasteiger partial charge < -0.3 is 4.84 Å². The second-order valence-corrected chi connectivity index (χ2v) is 5.84. The van der Waals surface area contributed by atoms with Crippen LogP contribution in [0.5, 0.6) is 0 Å². The van der Waals surface area contributed by atoms with Gasteiger partial charge in [-0.2, -0.15) is 0 Å². The molecular formula is C15H11Cl2NO2S. The molecule has 0 fully saturated rings.